The van der Waals surface area contributed by atoms with Gasteiger partial charge in [0, 0.05) is 50.7 Å². The zero-order valence-corrected chi connectivity index (χ0v) is 20.9. The van der Waals surface area contributed by atoms with Crippen molar-refractivity contribution in [3.05, 3.63) is 54.5 Å². The van der Waals surface area contributed by atoms with E-state index < -0.39 is 5.54 Å². The molecule has 192 valence electrons. The molecule has 0 unspecified atom stereocenters. The van der Waals surface area contributed by atoms with Gasteiger partial charge in [-0.15, -0.1) is 0 Å². The number of hydrogen-bond donors (Lipinski definition) is 2. The van der Waals surface area contributed by atoms with Gasteiger partial charge in [-0.1, -0.05) is 18.2 Å². The van der Waals surface area contributed by atoms with Gasteiger partial charge < -0.3 is 20.5 Å². The Morgan fingerprint density at radius 2 is 1.84 bits per heavy atom. The number of nitrogens with one attached hydrogen (secondary N) is 1. The minimum Gasteiger partial charge on any atom is -0.382 e. The van der Waals surface area contributed by atoms with Crippen LogP contribution < -0.4 is 11.1 Å². The van der Waals surface area contributed by atoms with E-state index in [2.05, 4.69) is 49.4 Å². The van der Waals surface area contributed by atoms with Crippen molar-refractivity contribution in [2.24, 2.45) is 0 Å². The second kappa shape index (κ2) is 9.60. The van der Waals surface area contributed by atoms with Gasteiger partial charge in [0.05, 0.1) is 23.0 Å². The summed E-state index contributed by atoms with van der Waals surface area (Å²) in [6, 6.07) is 12.7. The Morgan fingerprint density at radius 1 is 1.05 bits per heavy atom. The molecule has 2 aliphatic heterocycles. The molecule has 0 saturated carbocycles. The van der Waals surface area contributed by atoms with Crippen LogP contribution in [0.25, 0.3) is 28.0 Å². The summed E-state index contributed by atoms with van der Waals surface area (Å²) in [5.74, 6) is 0.357. The first-order chi connectivity index (χ1) is 18.1. The topological polar surface area (TPSA) is 122 Å². The molecule has 5 heterocycles. The van der Waals surface area contributed by atoms with Crippen molar-refractivity contribution in [3.63, 3.8) is 0 Å². The third-order valence-electron chi connectivity index (χ3n) is 7.54. The third kappa shape index (κ3) is 4.25. The summed E-state index contributed by atoms with van der Waals surface area (Å²) in [7, 11) is 0. The van der Waals surface area contributed by atoms with Crippen molar-refractivity contribution in [2.75, 3.05) is 32.2 Å². The molecule has 2 aliphatic rings. The predicted octanol–water partition coefficient (Wildman–Crippen LogP) is 3.34. The number of nitrogens with zero attached hydrogens (tertiary/aromatic N) is 5. The number of anilines is 1. The number of benzene rings is 1. The monoisotopic (exact) mass is 501 g/mol. The molecule has 3 aromatic heterocycles. The fourth-order valence-electron chi connectivity index (χ4n) is 5.74. The molecule has 10 heteroatoms. The third-order valence-corrected chi connectivity index (χ3v) is 7.54. The minimum atomic E-state index is -0.467. The van der Waals surface area contributed by atoms with Gasteiger partial charge >= 0.3 is 0 Å². The zero-order chi connectivity index (χ0) is 25.4. The van der Waals surface area contributed by atoms with Crippen LogP contribution in [0.5, 0.6) is 0 Å². The fourth-order valence-corrected chi connectivity index (χ4v) is 5.74. The number of fused-ring (bicyclic) bond motifs is 1. The number of nitrogens with two attached hydrogens (primary N) is 1. The summed E-state index contributed by atoms with van der Waals surface area (Å²) in [6.45, 7) is 4.22. The molecule has 0 spiro atoms. The Balaban J connectivity index is 1.48. The maximum atomic E-state index is 12.2. The Morgan fingerprint density at radius 3 is 2.62 bits per heavy atom. The van der Waals surface area contributed by atoms with E-state index in [0.717, 1.165) is 72.5 Å². The average molecular weight is 502 g/mol. The van der Waals surface area contributed by atoms with Crippen LogP contribution in [-0.2, 0) is 19.8 Å². The predicted molar refractivity (Wildman–Crippen MR) is 139 cm³/mol. The molecule has 6 rings (SSSR count). The standard InChI is InChI=1S/C27H31N7O3/c1-18(35)32-27(8-13-37-14-9-27)20-4-2-3-19(15-20)24-16-22(25-26(28)29-17-31-34(24)25)23-5-10-30-33(23)21-6-11-36-12-7-21/h2-5,10,15-17,21H,6-9,11-14H2,1H3,(H,32,35)(H2,28,29,31). The van der Waals surface area contributed by atoms with Crippen molar-refractivity contribution >= 4 is 17.2 Å². The summed E-state index contributed by atoms with van der Waals surface area (Å²) in [4.78, 5) is 16.4. The van der Waals surface area contributed by atoms with E-state index in [0.29, 0.717) is 19.0 Å². The SMILES string of the molecule is CC(=O)NC1(c2cccc(-c3cc(-c4ccnn4C4CCOCC4)c4c(N)ncnn34)c2)CCOCC1. The number of rotatable bonds is 5. The Hall–Kier alpha value is -3.76. The van der Waals surface area contributed by atoms with Crippen LogP contribution in [0, 0.1) is 0 Å². The second-order valence-electron chi connectivity index (χ2n) is 9.81. The van der Waals surface area contributed by atoms with Crippen LogP contribution in [0.15, 0.2) is 48.9 Å². The molecule has 37 heavy (non-hydrogen) atoms. The van der Waals surface area contributed by atoms with Gasteiger partial charge in [0.1, 0.15) is 11.8 Å². The first kappa shape index (κ1) is 23.6. The van der Waals surface area contributed by atoms with Gasteiger partial charge in [-0.3, -0.25) is 9.48 Å². The van der Waals surface area contributed by atoms with E-state index >= 15 is 0 Å². The number of carbonyl (C=O) groups is 1. The van der Waals surface area contributed by atoms with E-state index in [-0.39, 0.29) is 11.9 Å². The molecule has 0 atom stereocenters. The molecule has 2 saturated heterocycles. The smallest absolute Gasteiger partial charge is 0.217 e. The second-order valence-corrected chi connectivity index (χ2v) is 9.81. The largest absolute Gasteiger partial charge is 0.382 e. The van der Waals surface area contributed by atoms with Crippen LogP contribution in [0.1, 0.15) is 44.2 Å². The van der Waals surface area contributed by atoms with E-state index in [1.54, 1.807) is 6.92 Å². The quantitative estimate of drug-likeness (QED) is 0.430. The van der Waals surface area contributed by atoms with Gasteiger partial charge in [-0.05, 0) is 49.4 Å². The Kier molecular flexibility index (Phi) is 6.13. The molecule has 0 aliphatic carbocycles. The molecule has 1 aromatic carbocycles. The lowest BCUT2D eigenvalue weighted by Crippen LogP contribution is -2.48. The number of nitrogen functional groups attached to an aromatic ring is 1. The summed E-state index contributed by atoms with van der Waals surface area (Å²) < 4.78 is 15.1. The summed E-state index contributed by atoms with van der Waals surface area (Å²) >= 11 is 0. The highest BCUT2D eigenvalue weighted by molar-refractivity contribution is 5.91. The van der Waals surface area contributed by atoms with Gasteiger partial charge in [0.2, 0.25) is 5.91 Å². The highest BCUT2D eigenvalue weighted by atomic mass is 16.5. The zero-order valence-electron chi connectivity index (χ0n) is 20.9. The first-order valence-corrected chi connectivity index (χ1v) is 12.8. The van der Waals surface area contributed by atoms with Gasteiger partial charge in [-0.25, -0.2) is 9.50 Å². The highest BCUT2D eigenvalue weighted by Gasteiger charge is 2.35. The molecular formula is C27H31N7O3. The van der Waals surface area contributed by atoms with Crippen molar-refractivity contribution in [3.8, 4) is 22.5 Å². The number of ether oxygens (including phenoxy) is 2. The van der Waals surface area contributed by atoms with Gasteiger partial charge in [-0.2, -0.15) is 10.2 Å². The van der Waals surface area contributed by atoms with E-state index in [9.17, 15) is 4.79 Å². The summed E-state index contributed by atoms with van der Waals surface area (Å²) in [5.41, 5.74) is 11.5. The number of carbonyl (C=O) groups excluding carboxylic acids is 1. The molecule has 0 bridgehead atoms. The molecular weight excluding hydrogens is 470 g/mol. The van der Waals surface area contributed by atoms with Crippen LogP contribution in [-0.4, -0.2) is 56.7 Å². The van der Waals surface area contributed by atoms with Crippen molar-refractivity contribution in [1.29, 1.82) is 0 Å². The van der Waals surface area contributed by atoms with Crippen LogP contribution in [0.3, 0.4) is 0 Å². The average Bonchev–Trinajstić information content (AvgIpc) is 3.55. The molecule has 0 radical (unpaired) electrons. The minimum absolute atomic E-state index is 0.0513. The van der Waals surface area contributed by atoms with Crippen LogP contribution >= 0.6 is 0 Å². The summed E-state index contributed by atoms with van der Waals surface area (Å²) in [5, 5.41) is 12.5. The molecule has 3 N–H and O–H groups in total. The number of aromatic nitrogens is 5. The van der Waals surface area contributed by atoms with Crippen LogP contribution in [0.2, 0.25) is 0 Å². The fraction of sp³-hybridized carbons (Fsp3) is 0.407. The van der Waals surface area contributed by atoms with Gasteiger partial charge in [0.25, 0.3) is 0 Å². The maximum absolute atomic E-state index is 12.2. The Labute approximate surface area is 214 Å². The lowest BCUT2D eigenvalue weighted by atomic mass is 9.81. The lowest BCUT2D eigenvalue weighted by Gasteiger charge is -2.38. The highest BCUT2D eigenvalue weighted by Crippen LogP contribution is 2.39. The van der Waals surface area contributed by atoms with Crippen molar-refractivity contribution in [2.45, 2.75) is 44.2 Å². The molecule has 1 amide bonds. The van der Waals surface area contributed by atoms with Crippen molar-refractivity contribution < 1.29 is 14.3 Å². The summed E-state index contributed by atoms with van der Waals surface area (Å²) in [6.07, 6.45) is 6.57. The van der Waals surface area contributed by atoms with Crippen molar-refractivity contribution in [1.82, 2.24) is 29.7 Å². The number of hydrogen-bond acceptors (Lipinski definition) is 7. The van der Waals surface area contributed by atoms with Crippen LogP contribution in [0.4, 0.5) is 5.82 Å². The molecule has 10 nitrogen and oxygen atoms in total. The normalized spacial score (nSPS) is 18.2. The van der Waals surface area contributed by atoms with E-state index in [4.69, 9.17) is 15.2 Å². The number of amides is 1. The first-order valence-electron chi connectivity index (χ1n) is 12.8. The Bertz CT molecular complexity index is 1430. The van der Waals surface area contributed by atoms with E-state index in [1.165, 1.54) is 6.33 Å². The lowest BCUT2D eigenvalue weighted by molar-refractivity contribution is -0.122. The molecule has 2 fully saturated rings. The molecule has 4 aromatic rings. The maximum Gasteiger partial charge on any atom is 0.217 e. The van der Waals surface area contributed by atoms with E-state index in [1.807, 2.05) is 22.8 Å². The van der Waals surface area contributed by atoms with Gasteiger partial charge in [0.15, 0.2) is 5.82 Å².